The molecular weight excluding hydrogens is 881 g/mol. The third-order valence-corrected chi connectivity index (χ3v) is 0. The predicted molar refractivity (Wildman–Crippen MR) is 182 cm³/mol. The van der Waals surface area contributed by atoms with Gasteiger partial charge in [-0.2, -0.15) is 0 Å². The highest BCUT2D eigenvalue weighted by Crippen LogP contribution is 1.75. The summed E-state index contributed by atoms with van der Waals surface area (Å²) in [4.78, 5) is 9.44. The van der Waals surface area contributed by atoms with Crippen molar-refractivity contribution in [1.82, 2.24) is 0 Å². The van der Waals surface area contributed by atoms with E-state index in [2.05, 4.69) is 0 Å². The predicted octanol–water partition coefficient (Wildman–Crippen LogP) is 14.8. The molecule has 0 aromatic carbocycles. The molecule has 0 fully saturated rings. The van der Waals surface area contributed by atoms with E-state index in [9.17, 15) is 4.79 Å². The van der Waals surface area contributed by atoms with E-state index in [1.54, 1.807) is 0 Å². The fraction of sp³-hybridized carbons (Fsp3) is 0.923. The van der Waals surface area contributed by atoms with Crippen molar-refractivity contribution in [2.45, 2.75) is 13.8 Å². The van der Waals surface area contributed by atoms with Gasteiger partial charge in [0.15, 0.2) is 0 Å². The number of rotatable bonds is 0. The van der Waals surface area contributed by atoms with Gasteiger partial charge in [-0.1, -0.05) is 0 Å². The molecule has 0 saturated heterocycles. The largest absolute Gasteiger partial charge is 0.300 e. The number of alkyl halides is 20. The molecule has 0 spiro atoms. The van der Waals surface area contributed by atoms with Crippen molar-refractivity contribution in [1.29, 1.82) is 0 Å². The number of Topliss-reactive ketones (excluding diaryl/α,β-unsaturated/α-hetero) is 1. The average Bonchev–Trinajstić information content (AvgIpc) is 2.67. The van der Waals surface area contributed by atoms with Crippen molar-refractivity contribution in [3.05, 3.63) is 0 Å². The Kier molecular flexibility index (Phi) is 336. The molecule has 224 valence electrons. The van der Waals surface area contributed by atoms with Gasteiger partial charge < -0.3 is 4.79 Å². The molecule has 0 saturated carbocycles. The quantitative estimate of drug-likeness (QED) is 0.221. The molecular formula is C13H26Cl20O. The van der Waals surface area contributed by atoms with Crippen molar-refractivity contribution in [3.63, 3.8) is 0 Å². The van der Waals surface area contributed by atoms with Crippen molar-refractivity contribution < 1.29 is 4.79 Å². The van der Waals surface area contributed by atoms with Crippen molar-refractivity contribution in [3.8, 4) is 0 Å². The molecule has 0 aliphatic carbocycles. The van der Waals surface area contributed by atoms with Crippen LogP contribution in [0.2, 0.25) is 0 Å². The number of carbonyl (C=O) groups is 1. The topological polar surface area (TPSA) is 17.1 Å². The van der Waals surface area contributed by atoms with Gasteiger partial charge in [0.25, 0.3) is 0 Å². The second-order valence-electron chi connectivity index (χ2n) is 1.92. The van der Waals surface area contributed by atoms with Crippen LogP contribution in [0.25, 0.3) is 0 Å². The first-order chi connectivity index (χ1) is 15.9. The summed E-state index contributed by atoms with van der Waals surface area (Å²) in [5, 5.41) is 1.94. The monoisotopic (exact) mass is 898 g/mol. The lowest BCUT2D eigenvalue weighted by Crippen LogP contribution is -1.69. The van der Waals surface area contributed by atoms with E-state index in [0.29, 0.717) is 0 Å². The third-order valence-electron chi connectivity index (χ3n) is 0. The molecule has 1 nitrogen and oxygen atoms in total. The van der Waals surface area contributed by atoms with Crippen LogP contribution in [0.1, 0.15) is 13.8 Å². The first-order valence-corrected chi connectivity index (χ1v) is 17.2. The molecule has 0 aromatic rings. The second-order valence-corrected chi connectivity index (χ2v) is 10.00. The number of hydrogen-bond acceptors (Lipinski definition) is 1. The van der Waals surface area contributed by atoms with Crippen LogP contribution >= 0.6 is 232 Å². The summed E-state index contributed by atoms with van der Waals surface area (Å²) in [6.45, 7) is 3.06. The Morgan fingerprint density at radius 2 is 0.294 bits per heavy atom. The van der Waals surface area contributed by atoms with Gasteiger partial charge in [-0.15, -0.1) is 232 Å². The molecule has 0 bridgehead atoms. The van der Waals surface area contributed by atoms with E-state index in [-0.39, 0.29) is 59.2 Å². The molecule has 0 heterocycles. The van der Waals surface area contributed by atoms with Crippen molar-refractivity contribution in [2.75, 3.05) is 53.4 Å². The molecule has 0 aromatic heterocycles. The van der Waals surface area contributed by atoms with Gasteiger partial charge in [0, 0.05) is 0 Å². The SMILES string of the molecule is CC(C)=O.ClCCl.ClCCl.ClCCl.ClCCl.ClCCl.ClCCl.ClCCl.ClCCl.ClCCl.ClCCl. The minimum Gasteiger partial charge on any atom is -0.300 e. The standard InChI is InChI=1S/C3H6O.10CH2Cl2/c1-3(2)4;10*2-1-3/h1-2H3;10*1H2. The van der Waals surface area contributed by atoms with Gasteiger partial charge in [-0.05, 0) is 13.8 Å². The Morgan fingerprint density at radius 1 is 0.294 bits per heavy atom. The molecule has 0 unspecified atom stereocenters. The zero-order chi connectivity index (χ0) is 30.6. The molecule has 0 aliphatic rings. The van der Waals surface area contributed by atoms with Gasteiger partial charge in [0.2, 0.25) is 0 Å². The van der Waals surface area contributed by atoms with Crippen LogP contribution in [0.3, 0.4) is 0 Å². The van der Waals surface area contributed by atoms with Crippen molar-refractivity contribution in [2.24, 2.45) is 0 Å². The van der Waals surface area contributed by atoms with Gasteiger partial charge in [-0.3, -0.25) is 0 Å². The normalized spacial score (nSPS) is 6.06. The van der Waals surface area contributed by atoms with E-state index in [0.717, 1.165) is 0 Å². The Labute approximate surface area is 305 Å². The number of carbonyl (C=O) groups excluding carboxylic acids is 1. The van der Waals surface area contributed by atoms with Crippen LogP contribution in [0.15, 0.2) is 0 Å². The Hall–Kier alpha value is 5.47. The van der Waals surface area contributed by atoms with Gasteiger partial charge in [0.05, 0.1) is 53.4 Å². The molecule has 0 rings (SSSR count). The van der Waals surface area contributed by atoms with Crippen LogP contribution in [0, 0.1) is 0 Å². The molecule has 0 amide bonds. The van der Waals surface area contributed by atoms with Crippen molar-refractivity contribution >= 4 is 238 Å². The summed E-state index contributed by atoms with van der Waals surface area (Å²) >= 11 is 95.3. The summed E-state index contributed by atoms with van der Waals surface area (Å²) in [6.07, 6.45) is 0. The maximum Gasteiger partial charge on any atom is 0.126 e. The maximum absolute atomic E-state index is 9.44. The molecule has 21 heteroatoms. The van der Waals surface area contributed by atoms with Crippen LogP contribution in [0.4, 0.5) is 0 Å². The first-order valence-electron chi connectivity index (χ1n) is 6.55. The average molecular weight is 907 g/mol. The zero-order valence-electron chi connectivity index (χ0n) is 17.5. The minimum absolute atomic E-state index is 0.167. The molecule has 34 heavy (non-hydrogen) atoms. The highest BCUT2D eigenvalue weighted by Gasteiger charge is 1.62. The van der Waals surface area contributed by atoms with Crippen LogP contribution < -0.4 is 0 Å². The lowest BCUT2D eigenvalue weighted by molar-refractivity contribution is -0.114. The summed E-state index contributed by atoms with van der Waals surface area (Å²) in [7, 11) is 0. The highest BCUT2D eigenvalue weighted by molar-refractivity contribution is 6.43. The molecule has 0 radical (unpaired) electrons. The van der Waals surface area contributed by atoms with E-state index < -0.39 is 0 Å². The Balaban J connectivity index is -0.0000000190. The lowest BCUT2D eigenvalue weighted by atomic mass is 10.6. The van der Waals surface area contributed by atoms with Crippen LogP contribution in [-0.2, 0) is 4.79 Å². The summed E-state index contributed by atoms with van der Waals surface area (Å²) in [6, 6.07) is 0. The fourth-order valence-electron chi connectivity index (χ4n) is 0. The minimum atomic E-state index is 0.167. The third kappa shape index (κ3) is 1670. The zero-order valence-corrected chi connectivity index (χ0v) is 32.7. The molecule has 0 aliphatic heterocycles. The van der Waals surface area contributed by atoms with E-state index in [1.165, 1.54) is 13.8 Å². The first kappa shape index (κ1) is 72.1. The van der Waals surface area contributed by atoms with E-state index >= 15 is 0 Å². The number of hydrogen-bond donors (Lipinski definition) is 0. The Bertz CT molecular complexity index is 125. The molecule has 0 atom stereocenters. The Morgan fingerprint density at radius 3 is 0.294 bits per heavy atom. The second kappa shape index (κ2) is 158. The van der Waals surface area contributed by atoms with Gasteiger partial charge >= 0.3 is 0 Å². The number of halogens is 20. The van der Waals surface area contributed by atoms with Gasteiger partial charge in [-0.25, -0.2) is 0 Å². The number of ketones is 1. The highest BCUT2D eigenvalue weighted by atomic mass is 35.6. The van der Waals surface area contributed by atoms with Gasteiger partial charge in [0.1, 0.15) is 5.78 Å². The fourth-order valence-corrected chi connectivity index (χ4v) is 0. The lowest BCUT2D eigenvalue weighted by Gasteiger charge is -1.56. The van der Waals surface area contributed by atoms with Crippen LogP contribution in [-0.4, -0.2) is 59.2 Å². The summed E-state index contributed by atoms with van der Waals surface area (Å²) in [5.74, 6) is 0.167. The smallest absolute Gasteiger partial charge is 0.126 e. The summed E-state index contributed by atoms with van der Waals surface area (Å²) < 4.78 is 0. The van der Waals surface area contributed by atoms with Crippen LogP contribution in [0.5, 0.6) is 0 Å². The molecule has 0 N–H and O–H groups in total. The van der Waals surface area contributed by atoms with E-state index in [4.69, 9.17) is 232 Å². The van der Waals surface area contributed by atoms with E-state index in [1.807, 2.05) is 0 Å². The summed E-state index contributed by atoms with van der Waals surface area (Å²) in [5.41, 5.74) is 0. The maximum atomic E-state index is 9.44.